The van der Waals surface area contributed by atoms with E-state index in [4.69, 9.17) is 42.0 Å². The standard InChI is InChI=1S/C25H33ClN4O6/c1-33-23-21(30-20(31)13-29-25(27)28)24(35-12-11-16-5-3-2-4-6-16)36-19(22(23)32)15-34-14-17-7-9-18(26)10-8-17/h2-10,19,21-24,32H,11-15H2,1H3,(H,30,31)(H4,27,28,29)/t19-,21-,22-,23-,24?/m1/s1. The van der Waals surface area contributed by atoms with Crippen LogP contribution >= 0.6 is 11.6 Å². The molecule has 1 unspecified atom stereocenters. The Bertz CT molecular complexity index is 974. The van der Waals surface area contributed by atoms with Crippen LogP contribution in [0.4, 0.5) is 0 Å². The highest BCUT2D eigenvalue weighted by Crippen LogP contribution is 2.25. The van der Waals surface area contributed by atoms with Gasteiger partial charge in [0.1, 0.15) is 30.9 Å². The minimum atomic E-state index is -1.09. The number of rotatable bonds is 12. The topological polar surface area (TPSA) is 151 Å². The molecule has 0 aromatic heterocycles. The molecule has 0 spiro atoms. The first-order valence-electron chi connectivity index (χ1n) is 11.6. The summed E-state index contributed by atoms with van der Waals surface area (Å²) in [6.07, 6.45) is -2.95. The van der Waals surface area contributed by atoms with Crippen molar-refractivity contribution in [2.75, 3.05) is 26.9 Å². The van der Waals surface area contributed by atoms with Crippen molar-refractivity contribution in [3.05, 3.63) is 70.7 Å². The monoisotopic (exact) mass is 520 g/mol. The summed E-state index contributed by atoms with van der Waals surface area (Å²) in [6, 6.07) is 16.3. The summed E-state index contributed by atoms with van der Waals surface area (Å²) < 4.78 is 23.5. The Morgan fingerprint density at radius 3 is 2.53 bits per heavy atom. The van der Waals surface area contributed by atoms with Gasteiger partial charge in [0.15, 0.2) is 12.2 Å². The van der Waals surface area contributed by atoms with E-state index in [1.165, 1.54) is 7.11 Å². The van der Waals surface area contributed by atoms with E-state index in [-0.39, 0.29) is 19.1 Å². The number of aliphatic hydroxyl groups excluding tert-OH is 1. The summed E-state index contributed by atoms with van der Waals surface area (Å²) in [5, 5.41) is 14.4. The number of guanidine groups is 1. The van der Waals surface area contributed by atoms with E-state index in [2.05, 4.69) is 10.3 Å². The number of nitrogens with zero attached hydrogens (tertiary/aromatic N) is 1. The fourth-order valence-electron chi connectivity index (χ4n) is 3.84. The number of benzene rings is 2. The first-order chi connectivity index (χ1) is 17.4. The lowest BCUT2D eigenvalue weighted by atomic mass is 9.96. The number of aliphatic hydroxyl groups is 1. The van der Waals surface area contributed by atoms with Crippen LogP contribution in [0.25, 0.3) is 0 Å². The van der Waals surface area contributed by atoms with Crippen molar-refractivity contribution in [3.8, 4) is 0 Å². The van der Waals surface area contributed by atoms with Crippen LogP contribution in [0.3, 0.4) is 0 Å². The SMILES string of the molecule is CO[C@H]1[C@H](O)[C@@H](COCc2ccc(Cl)cc2)OC(OCCc2ccccc2)[C@@H]1NC(=O)CN=C(N)N. The Hall–Kier alpha value is -2.73. The van der Waals surface area contributed by atoms with Gasteiger partial charge in [-0.2, -0.15) is 0 Å². The second-order valence-electron chi connectivity index (χ2n) is 8.32. The quantitative estimate of drug-likeness (QED) is 0.239. The summed E-state index contributed by atoms with van der Waals surface area (Å²) in [6.45, 7) is 0.423. The van der Waals surface area contributed by atoms with Gasteiger partial charge in [-0.25, -0.2) is 4.99 Å². The molecule has 2 aromatic rings. The molecular weight excluding hydrogens is 488 g/mol. The summed E-state index contributed by atoms with van der Waals surface area (Å²) in [5.74, 6) is -0.678. The Kier molecular flexibility index (Phi) is 10.9. The van der Waals surface area contributed by atoms with Gasteiger partial charge in [-0.1, -0.05) is 54.1 Å². The number of methoxy groups -OCH3 is 1. The highest BCUT2D eigenvalue weighted by atomic mass is 35.5. The molecule has 0 radical (unpaired) electrons. The lowest BCUT2D eigenvalue weighted by Crippen LogP contribution is -2.65. The van der Waals surface area contributed by atoms with E-state index < -0.39 is 36.6 Å². The summed E-state index contributed by atoms with van der Waals surface area (Å²) in [7, 11) is 1.45. The van der Waals surface area contributed by atoms with Crippen LogP contribution in [-0.4, -0.2) is 74.5 Å². The van der Waals surface area contributed by atoms with Crippen LogP contribution in [0, 0.1) is 0 Å². The summed E-state index contributed by atoms with van der Waals surface area (Å²) >= 11 is 5.93. The number of carbonyl (C=O) groups excluding carboxylic acids is 1. The van der Waals surface area contributed by atoms with Crippen molar-refractivity contribution in [2.24, 2.45) is 16.5 Å². The normalized spacial score (nSPS) is 23.7. The zero-order valence-electron chi connectivity index (χ0n) is 20.1. The van der Waals surface area contributed by atoms with Crippen molar-refractivity contribution in [1.82, 2.24) is 5.32 Å². The fraction of sp³-hybridized carbons (Fsp3) is 0.440. The van der Waals surface area contributed by atoms with Gasteiger partial charge >= 0.3 is 0 Å². The average molecular weight is 521 g/mol. The molecule has 1 amide bonds. The molecule has 3 rings (SSSR count). The molecule has 36 heavy (non-hydrogen) atoms. The van der Waals surface area contributed by atoms with Gasteiger partial charge in [0.25, 0.3) is 0 Å². The average Bonchev–Trinajstić information content (AvgIpc) is 2.87. The Labute approximate surface area is 215 Å². The van der Waals surface area contributed by atoms with Gasteiger partial charge in [0.05, 0.1) is 19.8 Å². The largest absolute Gasteiger partial charge is 0.388 e. The van der Waals surface area contributed by atoms with E-state index in [1.54, 1.807) is 12.1 Å². The molecule has 1 fully saturated rings. The zero-order chi connectivity index (χ0) is 25.9. The predicted octanol–water partition coefficient (Wildman–Crippen LogP) is 0.975. The summed E-state index contributed by atoms with van der Waals surface area (Å²) in [4.78, 5) is 16.2. The van der Waals surface area contributed by atoms with E-state index in [9.17, 15) is 9.90 Å². The van der Waals surface area contributed by atoms with Crippen molar-refractivity contribution >= 4 is 23.5 Å². The first-order valence-corrected chi connectivity index (χ1v) is 11.9. The number of amides is 1. The van der Waals surface area contributed by atoms with Gasteiger partial charge in [0, 0.05) is 12.1 Å². The van der Waals surface area contributed by atoms with Crippen molar-refractivity contribution in [3.63, 3.8) is 0 Å². The number of ether oxygens (including phenoxy) is 4. The second-order valence-corrected chi connectivity index (χ2v) is 8.75. The Balaban J connectivity index is 1.67. The number of aliphatic imine (C=N–C) groups is 1. The molecule has 5 atom stereocenters. The molecule has 10 nitrogen and oxygen atoms in total. The van der Waals surface area contributed by atoms with Gasteiger partial charge in [-0.3, -0.25) is 4.79 Å². The third-order valence-electron chi connectivity index (χ3n) is 5.66. The second kappa shape index (κ2) is 14.1. The molecule has 1 heterocycles. The molecule has 6 N–H and O–H groups in total. The smallest absolute Gasteiger partial charge is 0.242 e. The van der Waals surface area contributed by atoms with E-state index in [1.807, 2.05) is 42.5 Å². The van der Waals surface area contributed by atoms with E-state index in [0.29, 0.717) is 24.7 Å². The maximum Gasteiger partial charge on any atom is 0.242 e. The first kappa shape index (κ1) is 27.9. The molecule has 0 aliphatic carbocycles. The van der Waals surface area contributed by atoms with Crippen molar-refractivity contribution in [2.45, 2.75) is 43.7 Å². The predicted molar refractivity (Wildman–Crippen MR) is 135 cm³/mol. The number of hydrogen-bond acceptors (Lipinski definition) is 7. The lowest BCUT2D eigenvalue weighted by molar-refractivity contribution is -0.276. The fourth-order valence-corrected chi connectivity index (χ4v) is 3.97. The van der Waals surface area contributed by atoms with Crippen molar-refractivity contribution in [1.29, 1.82) is 0 Å². The van der Waals surface area contributed by atoms with Crippen LogP contribution < -0.4 is 16.8 Å². The van der Waals surface area contributed by atoms with Gasteiger partial charge in [-0.05, 0) is 29.7 Å². The molecule has 11 heteroatoms. The molecule has 0 saturated carbocycles. The van der Waals surface area contributed by atoms with Crippen LogP contribution in [0.5, 0.6) is 0 Å². The number of nitrogens with two attached hydrogens (primary N) is 2. The third kappa shape index (κ3) is 8.44. The minimum absolute atomic E-state index is 0.0802. The number of hydrogen-bond donors (Lipinski definition) is 4. The number of nitrogens with one attached hydrogen (secondary N) is 1. The van der Waals surface area contributed by atoms with E-state index in [0.717, 1.165) is 11.1 Å². The number of carbonyl (C=O) groups is 1. The van der Waals surface area contributed by atoms with Crippen LogP contribution in [0.1, 0.15) is 11.1 Å². The van der Waals surface area contributed by atoms with E-state index >= 15 is 0 Å². The van der Waals surface area contributed by atoms with Crippen molar-refractivity contribution < 1.29 is 28.8 Å². The molecule has 0 bridgehead atoms. The maximum absolute atomic E-state index is 12.4. The van der Waals surface area contributed by atoms with Crippen LogP contribution in [0.15, 0.2) is 59.6 Å². The number of halogens is 1. The van der Waals surface area contributed by atoms with Gasteiger partial charge in [-0.15, -0.1) is 0 Å². The Morgan fingerprint density at radius 1 is 1.14 bits per heavy atom. The minimum Gasteiger partial charge on any atom is -0.388 e. The molecule has 1 aliphatic heterocycles. The van der Waals surface area contributed by atoms with Gasteiger partial charge < -0.3 is 40.8 Å². The third-order valence-corrected chi connectivity index (χ3v) is 5.91. The van der Waals surface area contributed by atoms with Crippen LogP contribution in [-0.2, 0) is 36.8 Å². The zero-order valence-corrected chi connectivity index (χ0v) is 20.8. The maximum atomic E-state index is 12.4. The summed E-state index contributed by atoms with van der Waals surface area (Å²) in [5.41, 5.74) is 12.7. The van der Waals surface area contributed by atoms with Crippen LogP contribution in [0.2, 0.25) is 5.02 Å². The highest BCUT2D eigenvalue weighted by Gasteiger charge is 2.47. The molecule has 2 aromatic carbocycles. The molecule has 1 saturated heterocycles. The molecule has 196 valence electrons. The van der Waals surface area contributed by atoms with Gasteiger partial charge in [0.2, 0.25) is 5.91 Å². The molecule has 1 aliphatic rings. The Morgan fingerprint density at radius 2 is 1.86 bits per heavy atom. The lowest BCUT2D eigenvalue weighted by Gasteiger charge is -2.44. The highest BCUT2D eigenvalue weighted by molar-refractivity contribution is 6.30. The molecular formula is C25H33ClN4O6.